The van der Waals surface area contributed by atoms with E-state index in [4.69, 9.17) is 4.98 Å². The minimum Gasteiger partial charge on any atom is -0.393 e. The topological polar surface area (TPSA) is 76.9 Å². The van der Waals surface area contributed by atoms with Crippen LogP contribution in [0, 0.1) is 6.92 Å². The van der Waals surface area contributed by atoms with Gasteiger partial charge in [0.05, 0.1) is 17.5 Å². The second-order valence-corrected chi connectivity index (χ2v) is 8.48. The normalized spacial score (nSPS) is 18.3. The predicted molar refractivity (Wildman–Crippen MR) is 120 cm³/mol. The smallest absolute Gasteiger partial charge is 0.296 e. The van der Waals surface area contributed by atoms with Crippen LogP contribution in [0.15, 0.2) is 35.1 Å². The van der Waals surface area contributed by atoms with Gasteiger partial charge in [-0.05, 0) is 39.0 Å². The Bertz CT molecular complexity index is 1090. The molecule has 158 valence electrons. The van der Waals surface area contributed by atoms with Gasteiger partial charge in [-0.15, -0.1) is 0 Å². The van der Waals surface area contributed by atoms with Crippen molar-refractivity contribution in [1.29, 1.82) is 0 Å². The number of hydrogen-bond donors (Lipinski definition) is 2. The number of anilines is 2. The molecule has 0 radical (unpaired) electrons. The van der Waals surface area contributed by atoms with Gasteiger partial charge in [0.2, 0.25) is 0 Å². The third-order valence-corrected chi connectivity index (χ3v) is 6.42. The summed E-state index contributed by atoms with van der Waals surface area (Å²) < 4.78 is 1.62. The van der Waals surface area contributed by atoms with Crippen LogP contribution in [-0.4, -0.2) is 52.0 Å². The maximum atomic E-state index is 13.6. The molecule has 2 fully saturated rings. The van der Waals surface area contributed by atoms with E-state index in [0.29, 0.717) is 37.3 Å². The Morgan fingerprint density at radius 1 is 0.967 bits per heavy atom. The standard InChI is InChI=1S/C23H29N5O2/c1-16-20(27-14-10-18(29)11-15-27)23(30)28-22(24-16)21(26-12-6-3-7-13-26)19(25-28)17-8-4-2-5-9-17/h2,4-5,8-9,18,25,29H,3,6-7,10-15H2,1H3. The number of fused-ring (bicyclic) bond motifs is 1. The molecule has 2 aromatic heterocycles. The molecule has 0 atom stereocenters. The van der Waals surface area contributed by atoms with Gasteiger partial charge in [0, 0.05) is 31.7 Å². The third kappa shape index (κ3) is 3.27. The first kappa shape index (κ1) is 19.2. The van der Waals surface area contributed by atoms with Crippen LogP contribution in [-0.2, 0) is 0 Å². The number of hydrogen-bond acceptors (Lipinski definition) is 5. The van der Waals surface area contributed by atoms with Gasteiger partial charge >= 0.3 is 0 Å². The van der Waals surface area contributed by atoms with Crippen LogP contribution in [0.3, 0.4) is 0 Å². The van der Waals surface area contributed by atoms with E-state index < -0.39 is 0 Å². The molecule has 0 unspecified atom stereocenters. The lowest BCUT2D eigenvalue weighted by molar-refractivity contribution is 0.145. The lowest BCUT2D eigenvalue weighted by Crippen LogP contribution is -2.40. The van der Waals surface area contributed by atoms with Gasteiger partial charge in [0.15, 0.2) is 5.65 Å². The second kappa shape index (κ2) is 7.80. The van der Waals surface area contributed by atoms with Gasteiger partial charge < -0.3 is 14.9 Å². The van der Waals surface area contributed by atoms with Crippen molar-refractivity contribution in [3.63, 3.8) is 0 Å². The van der Waals surface area contributed by atoms with Crippen LogP contribution in [0.1, 0.15) is 37.8 Å². The van der Waals surface area contributed by atoms with Crippen molar-refractivity contribution in [3.8, 4) is 11.3 Å². The zero-order valence-electron chi connectivity index (χ0n) is 17.5. The zero-order chi connectivity index (χ0) is 20.7. The summed E-state index contributed by atoms with van der Waals surface area (Å²) in [5, 5.41) is 13.2. The summed E-state index contributed by atoms with van der Waals surface area (Å²) in [5.41, 5.74) is 5.09. The van der Waals surface area contributed by atoms with Crippen molar-refractivity contribution < 1.29 is 5.11 Å². The van der Waals surface area contributed by atoms with Crippen LogP contribution in [0.25, 0.3) is 16.9 Å². The van der Waals surface area contributed by atoms with E-state index in [1.807, 2.05) is 25.1 Å². The molecule has 4 heterocycles. The Kier molecular flexibility index (Phi) is 4.98. The molecular formula is C23H29N5O2. The molecular weight excluding hydrogens is 378 g/mol. The summed E-state index contributed by atoms with van der Waals surface area (Å²) >= 11 is 0. The number of aliphatic hydroxyl groups is 1. The lowest BCUT2D eigenvalue weighted by atomic mass is 10.1. The predicted octanol–water partition coefficient (Wildman–Crippen LogP) is 2.95. The number of rotatable bonds is 3. The Labute approximate surface area is 175 Å². The average molecular weight is 408 g/mol. The first-order chi connectivity index (χ1) is 14.6. The van der Waals surface area contributed by atoms with E-state index in [2.05, 4.69) is 27.0 Å². The zero-order valence-corrected chi connectivity index (χ0v) is 17.5. The Morgan fingerprint density at radius 3 is 2.33 bits per heavy atom. The highest BCUT2D eigenvalue weighted by Crippen LogP contribution is 2.35. The average Bonchev–Trinajstić information content (AvgIpc) is 3.16. The van der Waals surface area contributed by atoms with Crippen molar-refractivity contribution in [2.24, 2.45) is 0 Å². The molecule has 2 N–H and O–H groups in total. The van der Waals surface area contributed by atoms with Crippen LogP contribution in [0.5, 0.6) is 0 Å². The molecule has 0 bridgehead atoms. The molecule has 2 aliphatic heterocycles. The van der Waals surface area contributed by atoms with E-state index >= 15 is 0 Å². The second-order valence-electron chi connectivity index (χ2n) is 8.48. The number of H-pyrrole nitrogens is 1. The summed E-state index contributed by atoms with van der Waals surface area (Å²) in [6.45, 7) is 5.24. The molecule has 0 aliphatic carbocycles. The molecule has 0 saturated carbocycles. The Hall–Kier alpha value is -2.80. The Balaban J connectivity index is 1.69. The monoisotopic (exact) mass is 407 g/mol. The molecule has 2 saturated heterocycles. The van der Waals surface area contributed by atoms with Crippen molar-refractivity contribution in [2.75, 3.05) is 36.0 Å². The third-order valence-electron chi connectivity index (χ3n) is 6.42. The summed E-state index contributed by atoms with van der Waals surface area (Å²) in [6, 6.07) is 10.2. The van der Waals surface area contributed by atoms with Crippen molar-refractivity contribution in [2.45, 2.75) is 45.1 Å². The number of aliphatic hydroxyl groups excluding tert-OH is 1. The highest BCUT2D eigenvalue weighted by atomic mass is 16.3. The molecule has 30 heavy (non-hydrogen) atoms. The number of piperidine rings is 2. The number of benzene rings is 1. The van der Waals surface area contributed by atoms with Gasteiger partial charge in [-0.3, -0.25) is 9.89 Å². The molecule has 0 spiro atoms. The van der Waals surface area contributed by atoms with Crippen LogP contribution < -0.4 is 15.4 Å². The minimum atomic E-state index is -0.276. The van der Waals surface area contributed by atoms with Gasteiger partial charge in [0.1, 0.15) is 11.4 Å². The van der Waals surface area contributed by atoms with E-state index in [9.17, 15) is 9.90 Å². The van der Waals surface area contributed by atoms with E-state index in [1.54, 1.807) is 4.52 Å². The van der Waals surface area contributed by atoms with Crippen LogP contribution in [0.4, 0.5) is 11.4 Å². The summed E-state index contributed by atoms with van der Waals surface area (Å²) in [6.07, 6.45) is 4.64. The highest BCUT2D eigenvalue weighted by Gasteiger charge is 2.27. The van der Waals surface area contributed by atoms with Crippen molar-refractivity contribution >= 4 is 17.0 Å². The molecule has 0 amide bonds. The van der Waals surface area contributed by atoms with Gasteiger partial charge in [-0.2, -0.15) is 4.52 Å². The Morgan fingerprint density at radius 2 is 1.63 bits per heavy atom. The van der Waals surface area contributed by atoms with Crippen LogP contribution >= 0.6 is 0 Å². The SMILES string of the molecule is Cc1nc2c(N3CCCCC3)c(-c3ccccc3)[nH]n2c(=O)c1N1CCC(O)CC1. The fourth-order valence-corrected chi connectivity index (χ4v) is 4.83. The molecule has 2 aliphatic rings. The molecule has 3 aromatic rings. The maximum Gasteiger partial charge on any atom is 0.296 e. The van der Waals surface area contributed by atoms with Gasteiger partial charge in [0.25, 0.3) is 5.56 Å². The number of aromatic amines is 1. The quantitative estimate of drug-likeness (QED) is 0.698. The van der Waals surface area contributed by atoms with Crippen molar-refractivity contribution in [3.05, 3.63) is 46.4 Å². The lowest BCUT2D eigenvalue weighted by Gasteiger charge is -2.31. The van der Waals surface area contributed by atoms with E-state index in [1.165, 1.54) is 6.42 Å². The fourth-order valence-electron chi connectivity index (χ4n) is 4.83. The molecule has 7 nitrogen and oxygen atoms in total. The summed E-state index contributed by atoms with van der Waals surface area (Å²) in [5.74, 6) is 0. The number of aromatic nitrogens is 3. The number of nitrogens with one attached hydrogen (secondary N) is 1. The van der Waals surface area contributed by atoms with Gasteiger partial charge in [-0.1, -0.05) is 30.3 Å². The highest BCUT2D eigenvalue weighted by molar-refractivity contribution is 5.86. The van der Waals surface area contributed by atoms with Crippen LogP contribution in [0.2, 0.25) is 0 Å². The molecule has 5 rings (SSSR count). The first-order valence-corrected chi connectivity index (χ1v) is 11.0. The number of aryl methyl sites for hydroxylation is 1. The van der Waals surface area contributed by atoms with E-state index in [-0.39, 0.29) is 11.7 Å². The molecule has 1 aromatic carbocycles. The van der Waals surface area contributed by atoms with Gasteiger partial charge in [-0.25, -0.2) is 4.98 Å². The molecule has 7 heteroatoms. The summed E-state index contributed by atoms with van der Waals surface area (Å²) in [4.78, 5) is 23.0. The van der Waals surface area contributed by atoms with Crippen molar-refractivity contribution in [1.82, 2.24) is 14.6 Å². The summed E-state index contributed by atoms with van der Waals surface area (Å²) in [7, 11) is 0. The van der Waals surface area contributed by atoms with E-state index in [0.717, 1.165) is 48.6 Å². The fraction of sp³-hybridized carbons (Fsp3) is 0.478. The number of nitrogens with zero attached hydrogens (tertiary/aromatic N) is 4. The maximum absolute atomic E-state index is 13.6. The minimum absolute atomic E-state index is 0.0608. The largest absolute Gasteiger partial charge is 0.393 e. The first-order valence-electron chi connectivity index (χ1n) is 11.0.